The van der Waals surface area contributed by atoms with Gasteiger partial charge in [0.15, 0.2) is 11.5 Å². The molecule has 0 amide bonds. The zero-order valence-electron chi connectivity index (χ0n) is 12.9. The number of aromatic nitrogens is 4. The highest BCUT2D eigenvalue weighted by Crippen LogP contribution is 2.14. The van der Waals surface area contributed by atoms with Crippen LogP contribution in [0.2, 0.25) is 0 Å². The Hall–Kier alpha value is -2.51. The van der Waals surface area contributed by atoms with Crippen molar-refractivity contribution in [1.29, 1.82) is 0 Å². The zero-order valence-corrected chi connectivity index (χ0v) is 12.9. The third-order valence-electron chi connectivity index (χ3n) is 3.39. The van der Waals surface area contributed by atoms with E-state index in [4.69, 9.17) is 15.2 Å². The molecule has 1 unspecified atom stereocenters. The summed E-state index contributed by atoms with van der Waals surface area (Å²) in [5, 5.41) is 0. The average Bonchev–Trinajstić information content (AvgIpc) is 2.98. The molecule has 0 aliphatic carbocycles. The second-order valence-corrected chi connectivity index (χ2v) is 5.25. The summed E-state index contributed by atoms with van der Waals surface area (Å²) in [6.07, 6.45) is 3.02. The first-order valence-electron chi connectivity index (χ1n) is 7.38. The average molecular weight is 313 g/mol. The normalized spacial score (nSPS) is 12.6. The van der Waals surface area contributed by atoms with Crippen LogP contribution in [-0.4, -0.2) is 32.2 Å². The van der Waals surface area contributed by atoms with Crippen molar-refractivity contribution in [3.8, 4) is 0 Å². The van der Waals surface area contributed by atoms with Gasteiger partial charge in [0.2, 0.25) is 0 Å². The van der Waals surface area contributed by atoms with Gasteiger partial charge >= 0.3 is 0 Å². The molecule has 0 radical (unpaired) electrons. The van der Waals surface area contributed by atoms with Gasteiger partial charge in [-0.1, -0.05) is 30.3 Å². The van der Waals surface area contributed by atoms with E-state index in [0.29, 0.717) is 36.9 Å². The Morgan fingerprint density at radius 2 is 2.00 bits per heavy atom. The highest BCUT2D eigenvalue weighted by molar-refractivity contribution is 5.80. The van der Waals surface area contributed by atoms with Crippen LogP contribution in [-0.2, 0) is 22.8 Å². The molecule has 0 bridgehead atoms. The summed E-state index contributed by atoms with van der Waals surface area (Å²) in [5.41, 5.74) is 8.15. The molecule has 2 aromatic heterocycles. The molecule has 0 aliphatic rings. The van der Waals surface area contributed by atoms with Crippen LogP contribution in [0.25, 0.3) is 11.2 Å². The number of nitrogens with zero attached hydrogens (tertiary/aromatic N) is 4. The first kappa shape index (κ1) is 15.4. The van der Waals surface area contributed by atoms with Crippen molar-refractivity contribution >= 4 is 17.0 Å². The minimum absolute atomic E-state index is 0.0460. The lowest BCUT2D eigenvalue weighted by atomic mass is 10.2. The predicted octanol–water partition coefficient (Wildman–Crippen LogP) is 1.99. The monoisotopic (exact) mass is 313 g/mol. The Balaban J connectivity index is 1.48. The van der Waals surface area contributed by atoms with Crippen LogP contribution >= 0.6 is 0 Å². The summed E-state index contributed by atoms with van der Waals surface area (Å²) >= 11 is 0. The number of rotatable bonds is 7. The number of ether oxygens (including phenoxy) is 2. The Morgan fingerprint density at radius 3 is 2.83 bits per heavy atom. The van der Waals surface area contributed by atoms with E-state index in [9.17, 15) is 0 Å². The molecule has 2 N–H and O–H groups in total. The molecule has 0 saturated heterocycles. The predicted molar refractivity (Wildman–Crippen MR) is 86.4 cm³/mol. The Morgan fingerprint density at radius 1 is 1.17 bits per heavy atom. The van der Waals surface area contributed by atoms with Crippen molar-refractivity contribution in [3.63, 3.8) is 0 Å². The molecule has 0 spiro atoms. The van der Waals surface area contributed by atoms with Crippen LogP contribution in [0, 0.1) is 0 Å². The van der Waals surface area contributed by atoms with Gasteiger partial charge in [-0.25, -0.2) is 15.0 Å². The molecular formula is C16H19N5O2. The quantitative estimate of drug-likeness (QED) is 0.717. The Labute approximate surface area is 134 Å². The summed E-state index contributed by atoms with van der Waals surface area (Å²) in [6, 6.07) is 10.0. The topological polar surface area (TPSA) is 88.1 Å². The van der Waals surface area contributed by atoms with E-state index >= 15 is 0 Å². The highest BCUT2D eigenvalue weighted by atomic mass is 16.5. The fourth-order valence-electron chi connectivity index (χ4n) is 2.17. The first-order valence-corrected chi connectivity index (χ1v) is 7.38. The molecule has 2 heterocycles. The third kappa shape index (κ3) is 3.82. The second-order valence-electron chi connectivity index (χ2n) is 5.25. The van der Waals surface area contributed by atoms with E-state index in [0.717, 1.165) is 5.56 Å². The van der Waals surface area contributed by atoms with Crippen molar-refractivity contribution in [2.24, 2.45) is 0 Å². The van der Waals surface area contributed by atoms with E-state index in [1.54, 1.807) is 10.9 Å². The Kier molecular flexibility index (Phi) is 4.80. The van der Waals surface area contributed by atoms with Crippen LogP contribution in [0.5, 0.6) is 0 Å². The van der Waals surface area contributed by atoms with Gasteiger partial charge in [-0.15, -0.1) is 0 Å². The molecule has 0 fully saturated rings. The summed E-state index contributed by atoms with van der Waals surface area (Å²) in [6.45, 7) is 3.39. The SMILES string of the molecule is CC(COCc1ccccc1)OCn1cnc2c(N)ncnc21. The summed E-state index contributed by atoms with van der Waals surface area (Å²) in [7, 11) is 0. The number of hydrogen-bond acceptors (Lipinski definition) is 6. The van der Waals surface area contributed by atoms with Gasteiger partial charge in [0, 0.05) is 0 Å². The van der Waals surface area contributed by atoms with Crippen LogP contribution in [0.15, 0.2) is 43.0 Å². The number of fused-ring (bicyclic) bond motifs is 1. The fraction of sp³-hybridized carbons (Fsp3) is 0.312. The number of benzene rings is 1. The lowest BCUT2D eigenvalue weighted by molar-refractivity contribution is -0.0384. The number of nitrogens with two attached hydrogens (primary N) is 1. The molecule has 7 nitrogen and oxygen atoms in total. The zero-order chi connectivity index (χ0) is 16.1. The number of anilines is 1. The van der Waals surface area contributed by atoms with E-state index < -0.39 is 0 Å². The summed E-state index contributed by atoms with van der Waals surface area (Å²) in [4.78, 5) is 12.3. The molecule has 0 aliphatic heterocycles. The van der Waals surface area contributed by atoms with E-state index in [1.807, 2.05) is 37.3 Å². The molecule has 3 rings (SSSR count). The van der Waals surface area contributed by atoms with Crippen molar-refractivity contribution in [1.82, 2.24) is 19.5 Å². The number of imidazole rings is 1. The molecule has 1 aromatic carbocycles. The molecule has 1 atom stereocenters. The largest absolute Gasteiger partial charge is 0.382 e. The summed E-state index contributed by atoms with van der Waals surface area (Å²) in [5.74, 6) is 0.369. The minimum Gasteiger partial charge on any atom is -0.382 e. The smallest absolute Gasteiger partial charge is 0.167 e. The maximum absolute atomic E-state index is 5.77. The first-order chi connectivity index (χ1) is 11.2. The lowest BCUT2D eigenvalue weighted by Gasteiger charge is -2.14. The standard InChI is InChI=1S/C16H19N5O2/c1-12(7-22-8-13-5-3-2-4-6-13)23-11-21-10-20-14-15(17)18-9-19-16(14)21/h2-6,9-10,12H,7-8,11H2,1H3,(H2,17,18,19). The van der Waals surface area contributed by atoms with Crippen LogP contribution in [0.4, 0.5) is 5.82 Å². The maximum atomic E-state index is 5.77. The van der Waals surface area contributed by atoms with E-state index in [-0.39, 0.29) is 6.10 Å². The molecule has 7 heteroatoms. The fourth-order valence-corrected chi connectivity index (χ4v) is 2.17. The molecule has 0 saturated carbocycles. The number of hydrogen-bond donors (Lipinski definition) is 1. The molecule has 120 valence electrons. The minimum atomic E-state index is -0.0460. The molecule has 23 heavy (non-hydrogen) atoms. The molecular weight excluding hydrogens is 294 g/mol. The van der Waals surface area contributed by atoms with Gasteiger partial charge in [-0.2, -0.15) is 0 Å². The van der Waals surface area contributed by atoms with Gasteiger partial charge in [0.05, 0.1) is 25.6 Å². The van der Waals surface area contributed by atoms with Gasteiger partial charge in [0.25, 0.3) is 0 Å². The molecule has 3 aromatic rings. The van der Waals surface area contributed by atoms with Crippen molar-refractivity contribution in [2.75, 3.05) is 12.3 Å². The highest BCUT2D eigenvalue weighted by Gasteiger charge is 2.09. The number of nitrogen functional groups attached to an aromatic ring is 1. The maximum Gasteiger partial charge on any atom is 0.167 e. The van der Waals surface area contributed by atoms with Crippen molar-refractivity contribution in [2.45, 2.75) is 26.4 Å². The second kappa shape index (κ2) is 7.17. The van der Waals surface area contributed by atoms with Crippen molar-refractivity contribution < 1.29 is 9.47 Å². The van der Waals surface area contributed by atoms with Crippen LogP contribution in [0.3, 0.4) is 0 Å². The lowest BCUT2D eigenvalue weighted by Crippen LogP contribution is -2.18. The van der Waals surface area contributed by atoms with Gasteiger partial charge in [-0.05, 0) is 12.5 Å². The van der Waals surface area contributed by atoms with Crippen LogP contribution < -0.4 is 5.73 Å². The van der Waals surface area contributed by atoms with E-state index in [1.165, 1.54) is 6.33 Å². The van der Waals surface area contributed by atoms with Gasteiger partial charge in [-0.3, -0.25) is 4.57 Å². The van der Waals surface area contributed by atoms with Gasteiger partial charge in [0.1, 0.15) is 18.6 Å². The van der Waals surface area contributed by atoms with Crippen LogP contribution in [0.1, 0.15) is 12.5 Å². The van der Waals surface area contributed by atoms with E-state index in [2.05, 4.69) is 15.0 Å². The van der Waals surface area contributed by atoms with Crippen molar-refractivity contribution in [3.05, 3.63) is 48.5 Å². The third-order valence-corrected chi connectivity index (χ3v) is 3.39. The summed E-state index contributed by atoms with van der Waals surface area (Å²) < 4.78 is 13.2. The van der Waals surface area contributed by atoms with Gasteiger partial charge < -0.3 is 15.2 Å². The Bertz CT molecular complexity index is 760.